The number of carbonyl (C=O) groups excluding carboxylic acids is 2. The average molecular weight is 384 g/mol. The molecule has 2 fully saturated rings. The molecule has 2 saturated heterocycles. The number of hydrogen-bond acceptors (Lipinski definition) is 4. The molecule has 2 amide bonds. The van der Waals surface area contributed by atoms with Crippen LogP contribution in [-0.2, 0) is 15.1 Å². The Bertz CT molecular complexity index is 612. The molecule has 7 nitrogen and oxygen atoms in total. The van der Waals surface area contributed by atoms with Gasteiger partial charge < -0.3 is 15.1 Å². The molecule has 0 saturated carbocycles. The summed E-state index contributed by atoms with van der Waals surface area (Å²) < 4.78 is 1.84. The van der Waals surface area contributed by atoms with Gasteiger partial charge in [-0.05, 0) is 32.0 Å². The van der Waals surface area contributed by atoms with E-state index in [0.717, 1.165) is 25.9 Å². The SMILES string of the molecule is CC(C)(C)C(=O)N1CCN(C(=O)C2(n3cccn3)CCNCC2)CC1.Cl. The Kier molecular flexibility index (Phi) is 6.34. The second kappa shape index (κ2) is 7.96. The van der Waals surface area contributed by atoms with Crippen LogP contribution in [0.5, 0.6) is 0 Å². The number of amides is 2. The first-order valence-electron chi connectivity index (χ1n) is 9.14. The second-order valence-electron chi connectivity index (χ2n) is 8.07. The number of aromatic nitrogens is 2. The van der Waals surface area contributed by atoms with Crippen LogP contribution in [0.4, 0.5) is 0 Å². The molecule has 2 aliphatic heterocycles. The van der Waals surface area contributed by atoms with E-state index in [-0.39, 0.29) is 29.6 Å². The zero-order chi connectivity index (χ0) is 18.1. The van der Waals surface area contributed by atoms with E-state index in [9.17, 15) is 9.59 Å². The molecule has 0 atom stereocenters. The monoisotopic (exact) mass is 383 g/mol. The van der Waals surface area contributed by atoms with Gasteiger partial charge in [-0.2, -0.15) is 5.10 Å². The number of rotatable bonds is 2. The van der Waals surface area contributed by atoms with Crippen molar-refractivity contribution in [1.29, 1.82) is 0 Å². The summed E-state index contributed by atoms with van der Waals surface area (Å²) in [4.78, 5) is 29.6. The highest BCUT2D eigenvalue weighted by Gasteiger charge is 2.45. The van der Waals surface area contributed by atoms with Gasteiger partial charge in [-0.25, -0.2) is 0 Å². The van der Waals surface area contributed by atoms with Gasteiger partial charge in [-0.15, -0.1) is 12.4 Å². The quantitative estimate of drug-likeness (QED) is 0.830. The Morgan fingerprint density at radius 1 is 1.04 bits per heavy atom. The van der Waals surface area contributed by atoms with Crippen molar-refractivity contribution in [3.8, 4) is 0 Å². The first-order valence-corrected chi connectivity index (χ1v) is 9.14. The molecular weight excluding hydrogens is 354 g/mol. The van der Waals surface area contributed by atoms with E-state index in [0.29, 0.717) is 26.2 Å². The van der Waals surface area contributed by atoms with Crippen LogP contribution < -0.4 is 5.32 Å². The summed E-state index contributed by atoms with van der Waals surface area (Å²) in [6.07, 6.45) is 5.11. The summed E-state index contributed by atoms with van der Waals surface area (Å²) in [5, 5.41) is 7.71. The summed E-state index contributed by atoms with van der Waals surface area (Å²) in [6.45, 7) is 9.85. The number of carbonyl (C=O) groups is 2. The molecule has 2 aliphatic rings. The standard InChI is InChI=1S/C18H29N5O2.ClH/c1-17(2,3)15(24)21-11-13-22(14-12-21)16(25)18(5-8-19-9-6-18)23-10-4-7-20-23;/h4,7,10,19H,5-6,8-9,11-14H2,1-3H3;1H. The smallest absolute Gasteiger partial charge is 0.250 e. The molecule has 0 bridgehead atoms. The predicted molar refractivity (Wildman–Crippen MR) is 102 cm³/mol. The molecule has 3 heterocycles. The van der Waals surface area contributed by atoms with Crippen LogP contribution in [0.2, 0.25) is 0 Å². The lowest BCUT2D eigenvalue weighted by Crippen LogP contribution is -2.60. The van der Waals surface area contributed by atoms with Crippen LogP contribution in [0.1, 0.15) is 33.6 Å². The van der Waals surface area contributed by atoms with Crippen molar-refractivity contribution in [1.82, 2.24) is 24.9 Å². The molecule has 1 N–H and O–H groups in total. The zero-order valence-corrected chi connectivity index (χ0v) is 16.7. The van der Waals surface area contributed by atoms with Gasteiger partial charge >= 0.3 is 0 Å². The van der Waals surface area contributed by atoms with Gasteiger partial charge in [-0.3, -0.25) is 14.3 Å². The first kappa shape index (κ1) is 20.7. The lowest BCUT2D eigenvalue weighted by Gasteiger charge is -2.43. The van der Waals surface area contributed by atoms with Gasteiger partial charge in [0, 0.05) is 44.0 Å². The van der Waals surface area contributed by atoms with Gasteiger partial charge in [0.25, 0.3) is 5.91 Å². The minimum absolute atomic E-state index is 0. The van der Waals surface area contributed by atoms with Gasteiger partial charge in [0.2, 0.25) is 5.91 Å². The van der Waals surface area contributed by atoms with Gasteiger partial charge in [-0.1, -0.05) is 20.8 Å². The minimum Gasteiger partial charge on any atom is -0.339 e. The minimum atomic E-state index is -0.592. The first-order chi connectivity index (χ1) is 11.8. The molecule has 0 unspecified atom stereocenters. The highest BCUT2D eigenvalue weighted by Crippen LogP contribution is 2.30. The maximum absolute atomic E-state index is 13.4. The summed E-state index contributed by atoms with van der Waals surface area (Å²) in [5.41, 5.74) is -0.970. The van der Waals surface area contributed by atoms with Crippen molar-refractivity contribution in [3.05, 3.63) is 18.5 Å². The van der Waals surface area contributed by atoms with E-state index in [4.69, 9.17) is 0 Å². The fraction of sp³-hybridized carbons (Fsp3) is 0.722. The molecule has 3 rings (SSSR count). The Labute approximate surface area is 161 Å². The van der Waals surface area contributed by atoms with Crippen LogP contribution in [-0.4, -0.2) is 70.7 Å². The Morgan fingerprint density at radius 3 is 2.12 bits per heavy atom. The number of halogens is 1. The molecule has 0 aromatic carbocycles. The summed E-state index contributed by atoms with van der Waals surface area (Å²) in [5.74, 6) is 0.295. The van der Waals surface area contributed by atoms with Crippen molar-refractivity contribution in [2.75, 3.05) is 39.3 Å². The van der Waals surface area contributed by atoms with E-state index in [2.05, 4.69) is 10.4 Å². The van der Waals surface area contributed by atoms with Gasteiger partial charge in [0.15, 0.2) is 0 Å². The van der Waals surface area contributed by atoms with E-state index >= 15 is 0 Å². The molecule has 1 aromatic rings. The molecule has 0 spiro atoms. The number of piperazine rings is 1. The molecule has 146 valence electrons. The Morgan fingerprint density at radius 2 is 1.62 bits per heavy atom. The summed E-state index contributed by atoms with van der Waals surface area (Å²) in [7, 11) is 0. The maximum atomic E-state index is 13.4. The summed E-state index contributed by atoms with van der Waals surface area (Å²) in [6, 6.07) is 1.87. The molecule has 0 aliphatic carbocycles. The van der Waals surface area contributed by atoms with Crippen molar-refractivity contribution in [3.63, 3.8) is 0 Å². The van der Waals surface area contributed by atoms with E-state index in [1.165, 1.54) is 0 Å². The Hall–Kier alpha value is -1.60. The molecule has 8 heteroatoms. The highest BCUT2D eigenvalue weighted by molar-refractivity contribution is 5.86. The second-order valence-corrected chi connectivity index (χ2v) is 8.07. The third-order valence-corrected chi connectivity index (χ3v) is 5.27. The highest BCUT2D eigenvalue weighted by atomic mass is 35.5. The van der Waals surface area contributed by atoms with Crippen molar-refractivity contribution in [2.24, 2.45) is 5.41 Å². The topological polar surface area (TPSA) is 70.5 Å². The number of nitrogens with zero attached hydrogens (tertiary/aromatic N) is 4. The number of piperidine rings is 1. The van der Waals surface area contributed by atoms with Crippen LogP contribution in [0.15, 0.2) is 18.5 Å². The molecule has 0 radical (unpaired) electrons. The fourth-order valence-electron chi connectivity index (χ4n) is 3.78. The third kappa shape index (κ3) is 3.88. The third-order valence-electron chi connectivity index (χ3n) is 5.27. The Balaban J connectivity index is 0.00000243. The largest absolute Gasteiger partial charge is 0.339 e. The number of nitrogens with one attached hydrogen (secondary N) is 1. The van der Waals surface area contributed by atoms with E-state index in [1.807, 2.05) is 47.5 Å². The van der Waals surface area contributed by atoms with Gasteiger partial charge in [0.1, 0.15) is 5.54 Å². The van der Waals surface area contributed by atoms with E-state index in [1.54, 1.807) is 6.20 Å². The number of hydrogen-bond donors (Lipinski definition) is 1. The lowest BCUT2D eigenvalue weighted by molar-refractivity contribution is -0.150. The van der Waals surface area contributed by atoms with Crippen LogP contribution >= 0.6 is 12.4 Å². The van der Waals surface area contributed by atoms with Crippen LogP contribution in [0.3, 0.4) is 0 Å². The average Bonchev–Trinajstić information content (AvgIpc) is 3.15. The van der Waals surface area contributed by atoms with E-state index < -0.39 is 5.54 Å². The predicted octanol–water partition coefficient (Wildman–Crippen LogP) is 1.10. The van der Waals surface area contributed by atoms with Crippen molar-refractivity contribution in [2.45, 2.75) is 39.2 Å². The summed E-state index contributed by atoms with van der Waals surface area (Å²) >= 11 is 0. The molecule has 1 aromatic heterocycles. The lowest BCUT2D eigenvalue weighted by atomic mass is 9.86. The normalized spacial score (nSPS) is 20.4. The maximum Gasteiger partial charge on any atom is 0.250 e. The fourth-order valence-corrected chi connectivity index (χ4v) is 3.78. The molecular formula is C18H30ClN5O2. The van der Waals surface area contributed by atoms with Crippen molar-refractivity contribution < 1.29 is 9.59 Å². The zero-order valence-electron chi connectivity index (χ0n) is 15.9. The van der Waals surface area contributed by atoms with Crippen LogP contribution in [0.25, 0.3) is 0 Å². The van der Waals surface area contributed by atoms with Gasteiger partial charge in [0.05, 0.1) is 0 Å². The van der Waals surface area contributed by atoms with Crippen molar-refractivity contribution >= 4 is 24.2 Å². The van der Waals surface area contributed by atoms with Crippen LogP contribution in [0, 0.1) is 5.41 Å². The molecule has 26 heavy (non-hydrogen) atoms.